The quantitative estimate of drug-likeness (QED) is 0.760. The number of halogens is 1. The summed E-state index contributed by atoms with van der Waals surface area (Å²) in [6, 6.07) is 7.13. The van der Waals surface area contributed by atoms with Crippen molar-refractivity contribution in [2.75, 3.05) is 13.3 Å². The Morgan fingerprint density at radius 1 is 1.53 bits per heavy atom. The number of ether oxygens (including phenoxy) is 1. The largest absolute Gasteiger partial charge is 0.494 e. The first-order valence-corrected chi connectivity index (χ1v) is 4.95. The molecule has 0 bridgehead atoms. The zero-order valence-corrected chi connectivity index (χ0v) is 8.96. The van der Waals surface area contributed by atoms with E-state index in [9.17, 15) is 4.39 Å². The second-order valence-corrected chi connectivity index (χ2v) is 3.35. The summed E-state index contributed by atoms with van der Waals surface area (Å²) in [6.07, 6.45) is 0. The molecule has 0 radical (unpaired) electrons. The molecule has 2 nitrogen and oxygen atoms in total. The molecule has 0 fully saturated rings. The maximum atomic E-state index is 12.6. The van der Waals surface area contributed by atoms with Crippen molar-refractivity contribution >= 4 is 0 Å². The highest BCUT2D eigenvalue weighted by atomic mass is 19.1. The molecule has 0 heterocycles. The molecule has 0 aliphatic rings. The normalized spacial score (nSPS) is 11.9. The number of nitrogens with zero attached hydrogens (tertiary/aromatic N) is 1. The van der Waals surface area contributed by atoms with Crippen LogP contribution in [0.4, 0.5) is 4.39 Å². The van der Waals surface area contributed by atoms with Crippen molar-refractivity contribution < 1.29 is 9.13 Å². The van der Waals surface area contributed by atoms with Gasteiger partial charge in [0.2, 0.25) is 0 Å². The standard InChI is InChI=1S/C12H14FNO/c1-3-15-12-5-4-10(8-14)6-11(12)9(2)7-13/h4-6,9H,3,7H2,1-2H3. The van der Waals surface area contributed by atoms with E-state index in [1.807, 2.05) is 13.0 Å². The number of nitriles is 1. The van der Waals surface area contributed by atoms with Crippen LogP contribution in [0.5, 0.6) is 5.75 Å². The summed E-state index contributed by atoms with van der Waals surface area (Å²) in [5.74, 6) is 0.432. The van der Waals surface area contributed by atoms with E-state index in [0.717, 1.165) is 5.56 Å². The number of benzene rings is 1. The SMILES string of the molecule is CCOc1ccc(C#N)cc1C(C)CF. The van der Waals surface area contributed by atoms with Gasteiger partial charge >= 0.3 is 0 Å². The van der Waals surface area contributed by atoms with Crippen LogP contribution in [0.15, 0.2) is 18.2 Å². The van der Waals surface area contributed by atoms with Crippen molar-refractivity contribution in [2.24, 2.45) is 0 Å². The maximum Gasteiger partial charge on any atom is 0.122 e. The van der Waals surface area contributed by atoms with Crippen LogP contribution in [0.1, 0.15) is 30.9 Å². The summed E-state index contributed by atoms with van der Waals surface area (Å²) < 4.78 is 18.0. The van der Waals surface area contributed by atoms with Crippen LogP contribution < -0.4 is 4.74 Å². The molecule has 1 aromatic rings. The van der Waals surface area contributed by atoms with Crippen LogP contribution in [0.2, 0.25) is 0 Å². The van der Waals surface area contributed by atoms with Gasteiger partial charge in [-0.2, -0.15) is 5.26 Å². The van der Waals surface area contributed by atoms with Crippen LogP contribution in [0.3, 0.4) is 0 Å². The van der Waals surface area contributed by atoms with Crippen LogP contribution in [-0.4, -0.2) is 13.3 Å². The Morgan fingerprint density at radius 2 is 2.27 bits per heavy atom. The second kappa shape index (κ2) is 5.35. The Bertz CT molecular complexity index is 370. The lowest BCUT2D eigenvalue weighted by molar-refractivity contribution is 0.330. The van der Waals surface area contributed by atoms with Gasteiger partial charge in [-0.15, -0.1) is 0 Å². The lowest BCUT2D eigenvalue weighted by atomic mass is 9.99. The van der Waals surface area contributed by atoms with E-state index in [1.165, 1.54) is 0 Å². The Kier molecular flexibility index (Phi) is 4.11. The molecule has 0 saturated heterocycles. The van der Waals surface area contributed by atoms with E-state index in [-0.39, 0.29) is 5.92 Å². The van der Waals surface area contributed by atoms with E-state index in [0.29, 0.717) is 17.9 Å². The molecule has 0 aliphatic heterocycles. The molecule has 0 aromatic heterocycles. The van der Waals surface area contributed by atoms with E-state index >= 15 is 0 Å². The monoisotopic (exact) mass is 207 g/mol. The van der Waals surface area contributed by atoms with Gasteiger partial charge in [-0.05, 0) is 25.1 Å². The minimum absolute atomic E-state index is 0.236. The molecular weight excluding hydrogens is 193 g/mol. The van der Waals surface area contributed by atoms with Gasteiger partial charge in [-0.25, -0.2) is 0 Å². The van der Waals surface area contributed by atoms with Gasteiger partial charge in [0.25, 0.3) is 0 Å². The van der Waals surface area contributed by atoms with E-state index in [4.69, 9.17) is 10.00 Å². The first kappa shape index (κ1) is 11.5. The minimum Gasteiger partial charge on any atom is -0.494 e. The van der Waals surface area contributed by atoms with Crippen molar-refractivity contribution in [3.05, 3.63) is 29.3 Å². The molecule has 0 aliphatic carbocycles. The molecule has 0 saturated carbocycles. The third-order valence-corrected chi connectivity index (χ3v) is 2.20. The third kappa shape index (κ3) is 2.69. The average Bonchev–Trinajstić information content (AvgIpc) is 2.29. The van der Waals surface area contributed by atoms with Gasteiger partial charge in [0, 0.05) is 11.5 Å². The lowest BCUT2D eigenvalue weighted by Gasteiger charge is -2.14. The van der Waals surface area contributed by atoms with Crippen LogP contribution in [0, 0.1) is 11.3 Å². The number of rotatable bonds is 4. The predicted octanol–water partition coefficient (Wildman–Crippen LogP) is 3.03. The van der Waals surface area contributed by atoms with Gasteiger partial charge < -0.3 is 4.74 Å². The van der Waals surface area contributed by atoms with Crippen LogP contribution in [0.25, 0.3) is 0 Å². The minimum atomic E-state index is -0.449. The van der Waals surface area contributed by atoms with E-state index < -0.39 is 6.67 Å². The Hall–Kier alpha value is -1.56. The second-order valence-electron chi connectivity index (χ2n) is 3.35. The topological polar surface area (TPSA) is 33.0 Å². The van der Waals surface area contributed by atoms with Crippen LogP contribution in [-0.2, 0) is 0 Å². The van der Waals surface area contributed by atoms with Crippen molar-refractivity contribution in [1.82, 2.24) is 0 Å². The smallest absolute Gasteiger partial charge is 0.122 e. The van der Waals surface area contributed by atoms with Gasteiger partial charge in [-0.3, -0.25) is 4.39 Å². The van der Waals surface area contributed by atoms with Gasteiger partial charge in [0.1, 0.15) is 5.75 Å². The molecule has 80 valence electrons. The molecule has 1 rings (SSSR count). The zero-order valence-electron chi connectivity index (χ0n) is 8.96. The number of hydrogen-bond acceptors (Lipinski definition) is 2. The molecule has 15 heavy (non-hydrogen) atoms. The van der Waals surface area contributed by atoms with Gasteiger partial charge in [0.15, 0.2) is 0 Å². The molecule has 3 heteroatoms. The molecule has 0 amide bonds. The summed E-state index contributed by atoms with van der Waals surface area (Å²) >= 11 is 0. The van der Waals surface area contributed by atoms with E-state index in [2.05, 4.69) is 0 Å². The van der Waals surface area contributed by atoms with Crippen molar-refractivity contribution in [2.45, 2.75) is 19.8 Å². The summed E-state index contributed by atoms with van der Waals surface area (Å²) in [6.45, 7) is 3.74. The highest BCUT2D eigenvalue weighted by Crippen LogP contribution is 2.28. The molecule has 1 unspecified atom stereocenters. The van der Waals surface area contributed by atoms with E-state index in [1.54, 1.807) is 25.1 Å². The van der Waals surface area contributed by atoms with Crippen molar-refractivity contribution in [3.8, 4) is 11.8 Å². The fraction of sp³-hybridized carbons (Fsp3) is 0.417. The summed E-state index contributed by atoms with van der Waals surface area (Å²) in [7, 11) is 0. The van der Waals surface area contributed by atoms with Crippen molar-refractivity contribution in [3.63, 3.8) is 0 Å². The lowest BCUT2D eigenvalue weighted by Crippen LogP contribution is -2.02. The highest BCUT2D eigenvalue weighted by molar-refractivity contribution is 5.43. The number of alkyl halides is 1. The zero-order chi connectivity index (χ0) is 11.3. The summed E-state index contributed by atoms with van der Waals surface area (Å²) in [4.78, 5) is 0. The maximum absolute atomic E-state index is 12.6. The molecular formula is C12H14FNO. The predicted molar refractivity (Wildman–Crippen MR) is 56.7 cm³/mol. The molecule has 0 N–H and O–H groups in total. The summed E-state index contributed by atoms with van der Waals surface area (Å²) in [5.41, 5.74) is 1.30. The first-order chi connectivity index (χ1) is 7.22. The van der Waals surface area contributed by atoms with Gasteiger partial charge in [0.05, 0.1) is 24.9 Å². The Morgan fingerprint density at radius 3 is 2.80 bits per heavy atom. The fourth-order valence-electron chi connectivity index (χ4n) is 1.37. The first-order valence-electron chi connectivity index (χ1n) is 4.95. The Labute approximate surface area is 89.3 Å². The highest BCUT2D eigenvalue weighted by Gasteiger charge is 2.12. The molecule has 1 atom stereocenters. The number of hydrogen-bond donors (Lipinski definition) is 0. The average molecular weight is 207 g/mol. The Balaban J connectivity index is 3.11. The van der Waals surface area contributed by atoms with Crippen molar-refractivity contribution in [1.29, 1.82) is 5.26 Å². The van der Waals surface area contributed by atoms with Gasteiger partial charge in [-0.1, -0.05) is 6.92 Å². The third-order valence-electron chi connectivity index (χ3n) is 2.20. The molecule has 1 aromatic carbocycles. The summed E-state index contributed by atoms with van der Waals surface area (Å²) in [5, 5.41) is 8.75. The molecule has 0 spiro atoms. The van der Waals surface area contributed by atoms with Crippen LogP contribution >= 0.6 is 0 Å². The fourth-order valence-corrected chi connectivity index (χ4v) is 1.37.